The second kappa shape index (κ2) is 4.27. The van der Waals surface area contributed by atoms with Crippen LogP contribution in [0.1, 0.15) is 23.0 Å². The van der Waals surface area contributed by atoms with E-state index in [4.69, 9.17) is 0 Å². The Morgan fingerprint density at radius 1 is 1.39 bits per heavy atom. The number of rotatable bonds is 2. The topological polar surface area (TPSA) is 86.7 Å². The number of nitrogens with one attached hydrogen (secondary N) is 2. The van der Waals surface area contributed by atoms with Crippen molar-refractivity contribution in [3.05, 3.63) is 53.6 Å². The van der Waals surface area contributed by atoms with Gasteiger partial charge in [0.15, 0.2) is 11.7 Å². The van der Waals surface area contributed by atoms with Crippen LogP contribution in [0.15, 0.2) is 36.7 Å². The van der Waals surface area contributed by atoms with Crippen molar-refractivity contribution in [1.82, 2.24) is 4.98 Å². The molecule has 0 aliphatic carbocycles. The second-order valence-electron chi connectivity index (χ2n) is 4.54. The lowest BCUT2D eigenvalue weighted by atomic mass is 9.94. The van der Waals surface area contributed by atoms with Gasteiger partial charge in [-0.2, -0.15) is 0 Å². The van der Waals surface area contributed by atoms with Gasteiger partial charge in [0.05, 0.1) is 12.4 Å². The van der Waals surface area contributed by atoms with Gasteiger partial charge in [-0.25, -0.2) is 9.97 Å². The normalized spacial score (nSPS) is 22.4. The van der Waals surface area contributed by atoms with Crippen LogP contribution in [0.2, 0.25) is 0 Å². The Balaban J connectivity index is 2.02. The van der Waals surface area contributed by atoms with Crippen LogP contribution in [-0.2, 0) is 11.2 Å². The number of hydrogen-bond donors (Lipinski definition) is 2. The van der Waals surface area contributed by atoms with E-state index >= 15 is 0 Å². The molecule has 1 aliphatic heterocycles. The van der Waals surface area contributed by atoms with Crippen LogP contribution < -0.4 is 15.4 Å². The fourth-order valence-electron chi connectivity index (χ4n) is 2.53. The smallest absolute Gasteiger partial charge is 0.239 e. The molecular formula is C13H14N3O2+. The summed E-state index contributed by atoms with van der Waals surface area (Å²) in [4.78, 5) is 17.3. The van der Waals surface area contributed by atoms with Crippen LogP contribution in [0.5, 0.6) is 0 Å². The molecule has 0 spiro atoms. The SMILES string of the molecule is O=C([O-])[C@@H]1Cc2[nH]c[nH+]c2[C@H](c2ccccc2)[NH2+]1. The number of hydrogen-bond acceptors (Lipinski definition) is 2. The average Bonchev–Trinajstić information content (AvgIpc) is 2.86. The van der Waals surface area contributed by atoms with Gasteiger partial charge in [0.25, 0.3) is 0 Å². The first-order valence-corrected chi connectivity index (χ1v) is 5.94. The highest BCUT2D eigenvalue weighted by Crippen LogP contribution is 2.21. The molecule has 2 atom stereocenters. The van der Waals surface area contributed by atoms with Gasteiger partial charge in [-0.05, 0) is 0 Å². The molecule has 0 radical (unpaired) electrons. The minimum atomic E-state index is -1.02. The van der Waals surface area contributed by atoms with Gasteiger partial charge in [-0.3, -0.25) is 0 Å². The third-order valence-electron chi connectivity index (χ3n) is 3.42. The summed E-state index contributed by atoms with van der Waals surface area (Å²) >= 11 is 0. The maximum Gasteiger partial charge on any atom is 0.239 e. The average molecular weight is 244 g/mol. The van der Waals surface area contributed by atoms with E-state index in [1.54, 1.807) is 6.33 Å². The van der Waals surface area contributed by atoms with E-state index in [2.05, 4.69) is 9.97 Å². The minimum absolute atomic E-state index is 0.0240. The highest BCUT2D eigenvalue weighted by Gasteiger charge is 2.37. The first-order valence-electron chi connectivity index (χ1n) is 5.94. The van der Waals surface area contributed by atoms with Crippen LogP contribution >= 0.6 is 0 Å². The summed E-state index contributed by atoms with van der Waals surface area (Å²) in [5, 5.41) is 12.9. The van der Waals surface area contributed by atoms with Crippen molar-refractivity contribution in [2.75, 3.05) is 0 Å². The van der Waals surface area contributed by atoms with Gasteiger partial charge in [0.1, 0.15) is 6.04 Å². The van der Waals surface area contributed by atoms with Gasteiger partial charge in [-0.15, -0.1) is 0 Å². The Labute approximate surface area is 104 Å². The van der Waals surface area contributed by atoms with Gasteiger partial charge in [0.2, 0.25) is 12.0 Å². The van der Waals surface area contributed by atoms with Crippen LogP contribution in [0, 0.1) is 0 Å². The number of aromatic amines is 2. The first-order chi connectivity index (χ1) is 8.75. The molecule has 5 nitrogen and oxygen atoms in total. The summed E-state index contributed by atoms with van der Waals surface area (Å²) in [6.45, 7) is 0. The fraction of sp³-hybridized carbons (Fsp3) is 0.231. The number of nitrogens with two attached hydrogens (primary N) is 1. The Kier molecular flexibility index (Phi) is 2.60. The molecule has 0 amide bonds. The Morgan fingerprint density at radius 3 is 2.89 bits per heavy atom. The van der Waals surface area contributed by atoms with Crippen LogP contribution in [0.4, 0.5) is 0 Å². The number of carboxylic acid groups (broad SMARTS) is 1. The van der Waals surface area contributed by atoms with E-state index in [-0.39, 0.29) is 6.04 Å². The van der Waals surface area contributed by atoms with Crippen LogP contribution in [-0.4, -0.2) is 17.0 Å². The molecule has 1 aliphatic rings. The molecule has 1 aromatic heterocycles. The van der Waals surface area contributed by atoms with E-state index in [0.29, 0.717) is 6.42 Å². The van der Waals surface area contributed by atoms with Crippen LogP contribution in [0.3, 0.4) is 0 Å². The molecule has 92 valence electrons. The molecule has 0 unspecified atom stereocenters. The minimum Gasteiger partial charge on any atom is -0.544 e. The van der Waals surface area contributed by atoms with Gasteiger partial charge in [0, 0.05) is 5.56 Å². The quantitative estimate of drug-likeness (QED) is 0.650. The molecule has 4 N–H and O–H groups in total. The summed E-state index contributed by atoms with van der Waals surface area (Å²) in [5.74, 6) is -1.02. The number of fused-ring (bicyclic) bond motifs is 1. The van der Waals surface area contributed by atoms with E-state index in [9.17, 15) is 9.90 Å². The largest absolute Gasteiger partial charge is 0.544 e. The standard InChI is InChI=1S/C13H13N3O2/c17-13(18)10-6-9-12(15-7-14-9)11(16-10)8-4-2-1-3-5-8/h1-5,7,10-11,16H,6H2,(H,14,15)(H,17,18)/p+1/t10-,11-/m0/s1. The zero-order valence-electron chi connectivity index (χ0n) is 9.72. The number of aliphatic carboxylic acids is 1. The number of carboxylic acids is 1. The molecule has 5 heteroatoms. The Morgan fingerprint density at radius 2 is 2.17 bits per heavy atom. The lowest BCUT2D eigenvalue weighted by molar-refractivity contribution is -0.726. The van der Waals surface area contributed by atoms with E-state index in [1.165, 1.54) is 0 Å². The molecule has 3 rings (SSSR count). The van der Waals surface area contributed by atoms with Crippen molar-refractivity contribution >= 4 is 5.97 Å². The molecule has 2 aromatic rings. The lowest BCUT2D eigenvalue weighted by Gasteiger charge is -2.25. The number of imidazole rings is 1. The van der Waals surface area contributed by atoms with E-state index in [1.807, 2.05) is 35.6 Å². The van der Waals surface area contributed by atoms with Gasteiger partial charge in [-0.1, -0.05) is 30.3 Å². The third kappa shape index (κ3) is 1.78. The van der Waals surface area contributed by atoms with E-state index < -0.39 is 12.0 Å². The maximum absolute atomic E-state index is 11.1. The lowest BCUT2D eigenvalue weighted by Crippen LogP contribution is -2.96. The number of benzene rings is 1. The van der Waals surface area contributed by atoms with Crippen molar-refractivity contribution in [2.24, 2.45) is 0 Å². The maximum atomic E-state index is 11.1. The molecule has 0 bridgehead atoms. The molecule has 0 fully saturated rings. The van der Waals surface area contributed by atoms with Gasteiger partial charge >= 0.3 is 0 Å². The zero-order valence-corrected chi connectivity index (χ0v) is 9.72. The van der Waals surface area contributed by atoms with E-state index in [0.717, 1.165) is 17.0 Å². The zero-order chi connectivity index (χ0) is 12.5. The summed E-state index contributed by atoms with van der Waals surface area (Å²) in [7, 11) is 0. The third-order valence-corrected chi connectivity index (χ3v) is 3.42. The van der Waals surface area contributed by atoms with Crippen LogP contribution in [0.25, 0.3) is 0 Å². The fourth-order valence-corrected chi connectivity index (χ4v) is 2.53. The predicted octanol–water partition coefficient (Wildman–Crippen LogP) is -1.84. The Hall–Kier alpha value is -2.14. The highest BCUT2D eigenvalue weighted by molar-refractivity contribution is 5.70. The highest BCUT2D eigenvalue weighted by atomic mass is 16.4. The van der Waals surface area contributed by atoms with Crippen molar-refractivity contribution in [3.8, 4) is 0 Å². The summed E-state index contributed by atoms with van der Waals surface area (Å²) < 4.78 is 0. The molecule has 2 heterocycles. The first kappa shape index (κ1) is 11.0. The summed E-state index contributed by atoms with van der Waals surface area (Å²) in [6, 6.07) is 9.30. The number of aromatic nitrogens is 2. The molecule has 0 saturated heterocycles. The number of carbonyl (C=O) groups is 1. The van der Waals surface area contributed by atoms with Crippen molar-refractivity contribution in [3.63, 3.8) is 0 Å². The second-order valence-corrected chi connectivity index (χ2v) is 4.54. The van der Waals surface area contributed by atoms with Gasteiger partial charge < -0.3 is 15.2 Å². The van der Waals surface area contributed by atoms with Crippen molar-refractivity contribution < 1.29 is 20.2 Å². The monoisotopic (exact) mass is 244 g/mol. The molecular weight excluding hydrogens is 230 g/mol. The van der Waals surface area contributed by atoms with Crippen molar-refractivity contribution in [2.45, 2.75) is 18.5 Å². The molecule has 18 heavy (non-hydrogen) atoms. The predicted molar refractivity (Wildman–Crippen MR) is 60.1 cm³/mol. The summed E-state index contributed by atoms with van der Waals surface area (Å²) in [6.07, 6.45) is 2.20. The number of quaternary nitrogens is 1. The molecule has 0 saturated carbocycles. The number of carbonyl (C=O) groups excluding carboxylic acids is 1. The summed E-state index contributed by atoms with van der Waals surface area (Å²) in [5.41, 5.74) is 3.07. The van der Waals surface area contributed by atoms with Crippen molar-refractivity contribution in [1.29, 1.82) is 0 Å². The Bertz CT molecular complexity index is 565. The number of H-pyrrole nitrogens is 2. The molecule has 1 aromatic carbocycles.